The zero-order chi connectivity index (χ0) is 21.4. The lowest BCUT2D eigenvalue weighted by molar-refractivity contribution is -0.141. The van der Waals surface area contributed by atoms with Crippen LogP contribution in [0.1, 0.15) is 162 Å². The van der Waals surface area contributed by atoms with Crippen molar-refractivity contribution < 1.29 is 9.90 Å². The first-order valence-corrected chi connectivity index (χ1v) is 13.4. The van der Waals surface area contributed by atoms with E-state index in [1.54, 1.807) is 0 Å². The first-order chi connectivity index (χ1) is 14.2. The second-order valence-corrected chi connectivity index (χ2v) is 9.45. The summed E-state index contributed by atoms with van der Waals surface area (Å²) in [7, 11) is 0. The summed E-state index contributed by atoms with van der Waals surface area (Å²) >= 11 is 0. The van der Waals surface area contributed by atoms with Gasteiger partial charge in [-0.05, 0) is 6.42 Å². The molecule has 0 saturated carbocycles. The van der Waals surface area contributed by atoms with Gasteiger partial charge in [0.05, 0.1) is 5.92 Å². The summed E-state index contributed by atoms with van der Waals surface area (Å²) < 4.78 is 0. The van der Waals surface area contributed by atoms with Gasteiger partial charge in [-0.2, -0.15) is 0 Å². The SMILES string of the molecule is CCCCCCCCCCCCCCCCCCCCCCCC[C@@H](C)C(=O)O. The third-order valence-electron chi connectivity index (χ3n) is 6.41. The number of carbonyl (C=O) groups is 1. The molecule has 0 aromatic heterocycles. The van der Waals surface area contributed by atoms with Crippen molar-refractivity contribution >= 4 is 5.97 Å². The zero-order valence-corrected chi connectivity index (χ0v) is 20.2. The topological polar surface area (TPSA) is 37.3 Å². The van der Waals surface area contributed by atoms with Crippen LogP contribution < -0.4 is 0 Å². The fourth-order valence-electron chi connectivity index (χ4n) is 4.18. The third kappa shape index (κ3) is 23.6. The van der Waals surface area contributed by atoms with Crippen LogP contribution in [-0.2, 0) is 4.79 Å². The van der Waals surface area contributed by atoms with E-state index in [2.05, 4.69) is 6.92 Å². The summed E-state index contributed by atoms with van der Waals surface area (Å²) in [6, 6.07) is 0. The lowest BCUT2D eigenvalue weighted by atomic mass is 10.0. The van der Waals surface area contributed by atoms with Gasteiger partial charge in [-0.25, -0.2) is 0 Å². The monoisotopic (exact) mass is 410 g/mol. The molecule has 0 aliphatic heterocycles. The van der Waals surface area contributed by atoms with E-state index in [-0.39, 0.29) is 5.92 Å². The number of carboxylic acids is 1. The maximum absolute atomic E-state index is 10.7. The van der Waals surface area contributed by atoms with Gasteiger partial charge >= 0.3 is 5.97 Å². The van der Waals surface area contributed by atoms with Crippen LogP contribution in [0.15, 0.2) is 0 Å². The van der Waals surface area contributed by atoms with E-state index in [4.69, 9.17) is 5.11 Å². The minimum absolute atomic E-state index is 0.167. The summed E-state index contributed by atoms with van der Waals surface area (Å²) in [5.41, 5.74) is 0. The lowest BCUT2D eigenvalue weighted by Gasteiger charge is -2.06. The van der Waals surface area contributed by atoms with Crippen LogP contribution in [0.5, 0.6) is 0 Å². The third-order valence-corrected chi connectivity index (χ3v) is 6.41. The Bertz CT molecular complexity index is 326. The lowest BCUT2D eigenvalue weighted by Crippen LogP contribution is -2.08. The first-order valence-electron chi connectivity index (χ1n) is 13.4. The van der Waals surface area contributed by atoms with Crippen LogP contribution in [0.4, 0.5) is 0 Å². The largest absolute Gasteiger partial charge is 0.481 e. The van der Waals surface area contributed by atoms with E-state index in [0.717, 1.165) is 12.8 Å². The smallest absolute Gasteiger partial charge is 0.306 e. The highest BCUT2D eigenvalue weighted by atomic mass is 16.4. The molecule has 0 spiro atoms. The highest BCUT2D eigenvalue weighted by Crippen LogP contribution is 2.16. The van der Waals surface area contributed by atoms with E-state index >= 15 is 0 Å². The molecule has 29 heavy (non-hydrogen) atoms. The van der Waals surface area contributed by atoms with Crippen molar-refractivity contribution in [1.82, 2.24) is 0 Å². The van der Waals surface area contributed by atoms with Crippen molar-refractivity contribution in [2.45, 2.75) is 162 Å². The molecule has 1 N–H and O–H groups in total. The molecule has 0 aliphatic rings. The Hall–Kier alpha value is -0.530. The van der Waals surface area contributed by atoms with Gasteiger partial charge in [0.2, 0.25) is 0 Å². The van der Waals surface area contributed by atoms with E-state index in [9.17, 15) is 4.79 Å². The molecule has 0 rings (SSSR count). The van der Waals surface area contributed by atoms with Gasteiger partial charge in [-0.15, -0.1) is 0 Å². The van der Waals surface area contributed by atoms with Gasteiger partial charge < -0.3 is 5.11 Å². The molecule has 0 bridgehead atoms. The second-order valence-electron chi connectivity index (χ2n) is 9.45. The van der Waals surface area contributed by atoms with Gasteiger partial charge in [-0.3, -0.25) is 4.79 Å². The van der Waals surface area contributed by atoms with Crippen molar-refractivity contribution in [3.05, 3.63) is 0 Å². The number of hydrogen-bond donors (Lipinski definition) is 1. The maximum Gasteiger partial charge on any atom is 0.306 e. The minimum Gasteiger partial charge on any atom is -0.481 e. The van der Waals surface area contributed by atoms with Crippen molar-refractivity contribution in [3.8, 4) is 0 Å². The van der Waals surface area contributed by atoms with Gasteiger partial charge in [0.15, 0.2) is 0 Å². The average molecular weight is 411 g/mol. The minimum atomic E-state index is -0.645. The summed E-state index contributed by atoms with van der Waals surface area (Å²) in [4.78, 5) is 10.7. The fraction of sp³-hybridized carbons (Fsp3) is 0.963. The van der Waals surface area contributed by atoms with E-state index < -0.39 is 5.97 Å². The normalized spacial score (nSPS) is 12.3. The molecule has 1 atom stereocenters. The predicted octanol–water partition coefficient (Wildman–Crippen LogP) is 9.70. The van der Waals surface area contributed by atoms with Gasteiger partial charge in [0.25, 0.3) is 0 Å². The van der Waals surface area contributed by atoms with Crippen LogP contribution in [0.25, 0.3) is 0 Å². The van der Waals surface area contributed by atoms with Gasteiger partial charge in [0, 0.05) is 0 Å². The second kappa shape index (κ2) is 23.7. The molecule has 2 heteroatoms. The Morgan fingerprint density at radius 2 is 0.759 bits per heavy atom. The average Bonchev–Trinajstić information content (AvgIpc) is 2.71. The van der Waals surface area contributed by atoms with Crippen LogP contribution in [0.2, 0.25) is 0 Å². The summed E-state index contributed by atoms with van der Waals surface area (Å²) in [6.07, 6.45) is 31.6. The van der Waals surface area contributed by atoms with Crippen LogP contribution in [0.3, 0.4) is 0 Å². The molecule has 0 heterocycles. The zero-order valence-electron chi connectivity index (χ0n) is 20.2. The molecule has 0 aromatic rings. The molecular formula is C27H54O2. The van der Waals surface area contributed by atoms with Crippen LogP contribution >= 0.6 is 0 Å². The molecular weight excluding hydrogens is 356 g/mol. The van der Waals surface area contributed by atoms with Crippen LogP contribution in [0, 0.1) is 5.92 Å². The standard InChI is InChI=1S/C27H54O2/c1-3-4-5-6-7-8-9-10-11-12-13-14-15-16-17-18-19-20-21-22-23-24-25-26(2)27(28)29/h26H,3-25H2,1-2H3,(H,28,29)/t26-/m1/s1. The molecule has 0 radical (unpaired) electrons. The molecule has 0 unspecified atom stereocenters. The number of aliphatic carboxylic acids is 1. The molecule has 0 aliphatic carbocycles. The number of carboxylic acid groups (broad SMARTS) is 1. The van der Waals surface area contributed by atoms with Crippen molar-refractivity contribution in [2.75, 3.05) is 0 Å². The van der Waals surface area contributed by atoms with Crippen molar-refractivity contribution in [1.29, 1.82) is 0 Å². The van der Waals surface area contributed by atoms with Crippen molar-refractivity contribution in [3.63, 3.8) is 0 Å². The van der Waals surface area contributed by atoms with E-state index in [1.165, 1.54) is 135 Å². The van der Waals surface area contributed by atoms with Gasteiger partial charge in [-0.1, -0.05) is 155 Å². The summed E-state index contributed by atoms with van der Waals surface area (Å²) in [5.74, 6) is -0.811. The Balaban J connectivity index is 3.04. The predicted molar refractivity (Wildman–Crippen MR) is 129 cm³/mol. The highest BCUT2D eigenvalue weighted by molar-refractivity contribution is 5.69. The van der Waals surface area contributed by atoms with Crippen LogP contribution in [-0.4, -0.2) is 11.1 Å². The molecule has 0 saturated heterocycles. The molecule has 0 amide bonds. The van der Waals surface area contributed by atoms with E-state index in [1.807, 2.05) is 6.92 Å². The van der Waals surface area contributed by atoms with Gasteiger partial charge in [0.1, 0.15) is 0 Å². The maximum atomic E-state index is 10.7. The molecule has 0 aromatic carbocycles. The van der Waals surface area contributed by atoms with E-state index in [0.29, 0.717) is 0 Å². The molecule has 2 nitrogen and oxygen atoms in total. The summed E-state index contributed by atoms with van der Waals surface area (Å²) in [5, 5.41) is 8.85. The Morgan fingerprint density at radius 1 is 0.517 bits per heavy atom. The fourth-order valence-corrected chi connectivity index (χ4v) is 4.18. The Labute approximate surface area is 183 Å². The molecule has 174 valence electrons. The highest BCUT2D eigenvalue weighted by Gasteiger charge is 2.09. The first kappa shape index (κ1) is 28.5. The molecule has 0 fully saturated rings. The Kier molecular flexibility index (Phi) is 23.3. The van der Waals surface area contributed by atoms with Crippen molar-refractivity contribution in [2.24, 2.45) is 5.92 Å². The number of rotatable bonds is 24. The Morgan fingerprint density at radius 3 is 1.00 bits per heavy atom. The number of unbranched alkanes of at least 4 members (excludes halogenated alkanes) is 21. The quantitative estimate of drug-likeness (QED) is 0.161. The summed E-state index contributed by atoms with van der Waals surface area (Å²) in [6.45, 7) is 4.11. The number of hydrogen-bond acceptors (Lipinski definition) is 1.